The first kappa shape index (κ1) is 20.3. The lowest BCUT2D eigenvalue weighted by Gasteiger charge is -2.27. The molecule has 1 unspecified atom stereocenters. The molecule has 2 aromatic carbocycles. The van der Waals surface area contributed by atoms with E-state index in [1.807, 2.05) is 48.5 Å². The standard InChI is InChI=1S/C25H31NO2/c1-2-22(26-19-21-15-11-12-17-23(21)25(26)28)16-9-4-3-5-10-18-24(27)20-13-7-6-8-14-20/h6-8,11-15,17,22H,2-5,9-10,16,18-19H2,1H3. The van der Waals surface area contributed by atoms with E-state index in [4.69, 9.17) is 0 Å². The Kier molecular flexibility index (Phi) is 7.41. The van der Waals surface area contributed by atoms with E-state index in [-0.39, 0.29) is 11.7 Å². The summed E-state index contributed by atoms with van der Waals surface area (Å²) < 4.78 is 0. The lowest BCUT2D eigenvalue weighted by atomic mass is 10.0. The van der Waals surface area contributed by atoms with Crippen molar-refractivity contribution in [2.75, 3.05) is 0 Å². The summed E-state index contributed by atoms with van der Waals surface area (Å²) >= 11 is 0. The molecule has 2 aromatic rings. The third-order valence-corrected chi connectivity index (χ3v) is 5.80. The van der Waals surface area contributed by atoms with Gasteiger partial charge in [-0.25, -0.2) is 0 Å². The lowest BCUT2D eigenvalue weighted by molar-refractivity contribution is 0.0685. The predicted octanol–water partition coefficient (Wildman–Crippen LogP) is 6.03. The minimum absolute atomic E-state index is 0.196. The van der Waals surface area contributed by atoms with Crippen molar-refractivity contribution >= 4 is 11.7 Å². The summed E-state index contributed by atoms with van der Waals surface area (Å²) in [5.74, 6) is 0.445. The molecule has 3 rings (SSSR count). The molecule has 0 aliphatic carbocycles. The summed E-state index contributed by atoms with van der Waals surface area (Å²) in [4.78, 5) is 26.8. The number of fused-ring (bicyclic) bond motifs is 1. The van der Waals surface area contributed by atoms with Gasteiger partial charge in [0.25, 0.3) is 5.91 Å². The Bertz CT molecular complexity index is 784. The highest BCUT2D eigenvalue weighted by Gasteiger charge is 2.31. The molecule has 0 saturated carbocycles. The third-order valence-electron chi connectivity index (χ3n) is 5.80. The van der Waals surface area contributed by atoms with E-state index < -0.39 is 0 Å². The van der Waals surface area contributed by atoms with Gasteiger partial charge in [-0.15, -0.1) is 0 Å². The van der Waals surface area contributed by atoms with Gasteiger partial charge < -0.3 is 4.90 Å². The Morgan fingerprint density at radius 3 is 2.36 bits per heavy atom. The van der Waals surface area contributed by atoms with E-state index in [0.29, 0.717) is 12.5 Å². The van der Waals surface area contributed by atoms with E-state index in [1.54, 1.807) is 0 Å². The van der Waals surface area contributed by atoms with Crippen molar-refractivity contribution in [3.8, 4) is 0 Å². The topological polar surface area (TPSA) is 37.4 Å². The Hall–Kier alpha value is -2.42. The molecule has 1 atom stereocenters. The maximum atomic E-state index is 12.6. The number of benzene rings is 2. The van der Waals surface area contributed by atoms with Gasteiger partial charge in [0.2, 0.25) is 0 Å². The van der Waals surface area contributed by atoms with Gasteiger partial charge in [0.05, 0.1) is 0 Å². The zero-order valence-corrected chi connectivity index (χ0v) is 16.9. The van der Waals surface area contributed by atoms with Crippen LogP contribution in [0.1, 0.15) is 84.6 Å². The highest BCUT2D eigenvalue weighted by atomic mass is 16.2. The zero-order valence-electron chi connectivity index (χ0n) is 16.9. The van der Waals surface area contributed by atoms with E-state index in [9.17, 15) is 9.59 Å². The largest absolute Gasteiger partial charge is 0.331 e. The summed E-state index contributed by atoms with van der Waals surface area (Å²) in [5, 5.41) is 0. The normalized spacial score (nSPS) is 14.2. The molecule has 1 aliphatic heterocycles. The summed E-state index contributed by atoms with van der Waals surface area (Å²) in [7, 11) is 0. The Morgan fingerprint density at radius 2 is 1.61 bits per heavy atom. The number of unbranched alkanes of at least 4 members (excludes halogenated alkanes) is 4. The fraction of sp³-hybridized carbons (Fsp3) is 0.440. The minimum atomic E-state index is 0.196. The molecule has 0 spiro atoms. The van der Waals surface area contributed by atoms with Crippen LogP contribution in [0.5, 0.6) is 0 Å². The smallest absolute Gasteiger partial charge is 0.254 e. The predicted molar refractivity (Wildman–Crippen MR) is 113 cm³/mol. The van der Waals surface area contributed by atoms with Gasteiger partial charge >= 0.3 is 0 Å². The van der Waals surface area contributed by atoms with E-state index in [2.05, 4.69) is 17.9 Å². The van der Waals surface area contributed by atoms with Gasteiger partial charge in [0.15, 0.2) is 5.78 Å². The van der Waals surface area contributed by atoms with Crippen molar-refractivity contribution < 1.29 is 9.59 Å². The van der Waals surface area contributed by atoms with Gasteiger partial charge in [0, 0.05) is 30.1 Å². The average molecular weight is 378 g/mol. The number of hydrogen-bond donors (Lipinski definition) is 0. The maximum absolute atomic E-state index is 12.6. The van der Waals surface area contributed by atoms with Crippen LogP contribution in [0.2, 0.25) is 0 Å². The second-order valence-electron chi connectivity index (χ2n) is 7.75. The van der Waals surface area contributed by atoms with Crippen LogP contribution in [0.4, 0.5) is 0 Å². The van der Waals surface area contributed by atoms with Gasteiger partial charge in [-0.05, 0) is 30.9 Å². The van der Waals surface area contributed by atoms with Crippen LogP contribution in [0, 0.1) is 0 Å². The fourth-order valence-electron chi connectivity index (χ4n) is 4.12. The Morgan fingerprint density at radius 1 is 0.929 bits per heavy atom. The van der Waals surface area contributed by atoms with Gasteiger partial charge in [-0.2, -0.15) is 0 Å². The molecule has 3 nitrogen and oxygen atoms in total. The molecule has 1 amide bonds. The van der Waals surface area contributed by atoms with E-state index >= 15 is 0 Å². The van der Waals surface area contributed by atoms with Crippen molar-refractivity contribution in [3.63, 3.8) is 0 Å². The van der Waals surface area contributed by atoms with Gasteiger partial charge in [0.1, 0.15) is 0 Å². The summed E-state index contributed by atoms with van der Waals surface area (Å²) in [6.45, 7) is 2.94. The first-order valence-electron chi connectivity index (χ1n) is 10.7. The van der Waals surface area contributed by atoms with Gasteiger partial charge in [-0.3, -0.25) is 9.59 Å². The Labute approximate surface area is 168 Å². The average Bonchev–Trinajstić information content (AvgIpc) is 3.07. The monoisotopic (exact) mass is 377 g/mol. The molecule has 0 aromatic heterocycles. The highest BCUT2D eigenvalue weighted by molar-refractivity contribution is 5.98. The molecule has 1 heterocycles. The van der Waals surface area contributed by atoms with Crippen LogP contribution in [-0.2, 0) is 6.54 Å². The number of amides is 1. The van der Waals surface area contributed by atoms with Crippen LogP contribution in [-0.4, -0.2) is 22.6 Å². The second kappa shape index (κ2) is 10.2. The maximum Gasteiger partial charge on any atom is 0.254 e. The SMILES string of the molecule is CCC(CCCCCCCC(=O)c1ccccc1)N1Cc2ccccc2C1=O. The number of carbonyl (C=O) groups is 2. The van der Waals surface area contributed by atoms with Gasteiger partial charge in [-0.1, -0.05) is 81.1 Å². The number of ketones is 1. The van der Waals surface area contributed by atoms with Crippen LogP contribution in [0.3, 0.4) is 0 Å². The molecule has 148 valence electrons. The first-order valence-corrected chi connectivity index (χ1v) is 10.7. The molecular formula is C25H31NO2. The summed E-state index contributed by atoms with van der Waals surface area (Å²) in [5.41, 5.74) is 2.86. The van der Waals surface area contributed by atoms with Crippen molar-refractivity contribution in [3.05, 3.63) is 71.3 Å². The van der Waals surface area contributed by atoms with E-state index in [1.165, 1.54) is 6.42 Å². The summed E-state index contributed by atoms with van der Waals surface area (Å²) in [6, 6.07) is 17.9. The third kappa shape index (κ3) is 5.09. The molecule has 0 N–H and O–H groups in total. The van der Waals surface area contributed by atoms with Crippen LogP contribution < -0.4 is 0 Å². The molecule has 3 heteroatoms. The molecule has 0 radical (unpaired) electrons. The Balaban J connectivity index is 1.32. The van der Waals surface area contributed by atoms with Crippen molar-refractivity contribution in [2.24, 2.45) is 0 Å². The number of nitrogens with zero attached hydrogens (tertiary/aromatic N) is 1. The van der Waals surface area contributed by atoms with Crippen molar-refractivity contribution in [1.29, 1.82) is 0 Å². The number of carbonyl (C=O) groups excluding carboxylic acids is 2. The van der Waals surface area contributed by atoms with Crippen LogP contribution in [0.25, 0.3) is 0 Å². The number of Topliss-reactive ketones (excluding diaryl/α,β-unsaturated/α-hetero) is 1. The fourth-order valence-corrected chi connectivity index (χ4v) is 4.12. The van der Waals surface area contributed by atoms with E-state index in [0.717, 1.165) is 61.8 Å². The highest BCUT2D eigenvalue weighted by Crippen LogP contribution is 2.27. The number of hydrogen-bond acceptors (Lipinski definition) is 2. The number of rotatable bonds is 11. The molecular weight excluding hydrogens is 346 g/mol. The van der Waals surface area contributed by atoms with Crippen LogP contribution >= 0.6 is 0 Å². The molecule has 1 aliphatic rings. The van der Waals surface area contributed by atoms with Crippen molar-refractivity contribution in [2.45, 2.75) is 70.9 Å². The lowest BCUT2D eigenvalue weighted by Crippen LogP contribution is -2.35. The van der Waals surface area contributed by atoms with Crippen molar-refractivity contribution in [1.82, 2.24) is 4.90 Å². The molecule has 28 heavy (non-hydrogen) atoms. The molecule has 0 saturated heterocycles. The second-order valence-corrected chi connectivity index (χ2v) is 7.75. The molecule has 0 fully saturated rings. The van der Waals surface area contributed by atoms with Crippen LogP contribution in [0.15, 0.2) is 54.6 Å². The first-order chi connectivity index (χ1) is 13.7. The minimum Gasteiger partial charge on any atom is -0.331 e. The zero-order chi connectivity index (χ0) is 19.8. The quantitative estimate of drug-likeness (QED) is 0.354. The molecule has 0 bridgehead atoms. The summed E-state index contributed by atoms with van der Waals surface area (Å²) in [6.07, 6.45) is 8.25.